The number of aromatic nitrogens is 1. The summed E-state index contributed by atoms with van der Waals surface area (Å²) >= 11 is 4.84. The molecule has 3 rings (SSSR count). The minimum Gasteiger partial charge on any atom is -0.487 e. The summed E-state index contributed by atoms with van der Waals surface area (Å²) in [6.07, 6.45) is 3.26. The molecule has 0 atom stereocenters. The van der Waals surface area contributed by atoms with Gasteiger partial charge < -0.3 is 10.1 Å². The molecule has 2 heterocycles. The number of nitrogens with one attached hydrogen (secondary N) is 1. The summed E-state index contributed by atoms with van der Waals surface area (Å²) in [6.45, 7) is 0.394. The van der Waals surface area contributed by atoms with Crippen molar-refractivity contribution in [1.29, 1.82) is 0 Å². The van der Waals surface area contributed by atoms with Gasteiger partial charge in [0, 0.05) is 16.2 Å². The molecule has 0 radical (unpaired) electrons. The number of anilines is 1. The average Bonchev–Trinajstić information content (AvgIpc) is 3.04. The zero-order valence-corrected chi connectivity index (χ0v) is 14.4. The van der Waals surface area contributed by atoms with E-state index in [2.05, 4.69) is 26.2 Å². The van der Waals surface area contributed by atoms with Crippen LogP contribution in [-0.4, -0.2) is 10.9 Å². The van der Waals surface area contributed by atoms with Gasteiger partial charge in [0.1, 0.15) is 17.2 Å². The van der Waals surface area contributed by atoms with Gasteiger partial charge in [-0.25, -0.2) is 0 Å². The lowest BCUT2D eigenvalue weighted by Crippen LogP contribution is -2.11. The van der Waals surface area contributed by atoms with Gasteiger partial charge in [0.25, 0.3) is 5.91 Å². The van der Waals surface area contributed by atoms with Crippen molar-refractivity contribution >= 4 is 38.9 Å². The number of carbonyl (C=O) groups is 1. The summed E-state index contributed by atoms with van der Waals surface area (Å²) in [5.41, 5.74) is 1.68. The molecule has 0 aliphatic heterocycles. The third-order valence-electron chi connectivity index (χ3n) is 3.10. The quantitative estimate of drug-likeness (QED) is 0.686. The molecular formula is C17H13BrN2O2S. The zero-order valence-electron chi connectivity index (χ0n) is 12.0. The third kappa shape index (κ3) is 3.97. The molecule has 0 aliphatic rings. The molecule has 2 aromatic heterocycles. The maximum Gasteiger partial charge on any atom is 0.269 e. The van der Waals surface area contributed by atoms with Crippen molar-refractivity contribution in [2.24, 2.45) is 0 Å². The van der Waals surface area contributed by atoms with Gasteiger partial charge in [-0.15, -0.1) is 11.3 Å². The molecule has 0 spiro atoms. The normalized spacial score (nSPS) is 10.3. The monoisotopic (exact) mass is 388 g/mol. The molecule has 116 valence electrons. The van der Waals surface area contributed by atoms with Crippen LogP contribution in [0, 0.1) is 0 Å². The first-order valence-electron chi connectivity index (χ1n) is 6.89. The molecule has 0 bridgehead atoms. The Morgan fingerprint density at radius 1 is 1.22 bits per heavy atom. The van der Waals surface area contributed by atoms with Crippen LogP contribution in [0.4, 0.5) is 5.69 Å². The number of benzene rings is 1. The van der Waals surface area contributed by atoms with Crippen LogP contribution in [0.3, 0.4) is 0 Å². The van der Waals surface area contributed by atoms with E-state index >= 15 is 0 Å². The SMILES string of the molecule is O=C(Nc1cccnc1)c1sccc1OCc1ccccc1Br. The molecule has 3 aromatic rings. The molecule has 0 saturated heterocycles. The Hall–Kier alpha value is -2.18. The first kappa shape index (κ1) is 15.7. The summed E-state index contributed by atoms with van der Waals surface area (Å²) in [5.74, 6) is 0.377. The Morgan fingerprint density at radius 2 is 2.09 bits per heavy atom. The van der Waals surface area contributed by atoms with Crippen LogP contribution < -0.4 is 10.1 Å². The number of nitrogens with zero attached hydrogens (tertiary/aromatic N) is 1. The van der Waals surface area contributed by atoms with E-state index < -0.39 is 0 Å². The molecule has 0 aliphatic carbocycles. The van der Waals surface area contributed by atoms with E-state index in [-0.39, 0.29) is 5.91 Å². The third-order valence-corrected chi connectivity index (χ3v) is 4.76. The molecule has 0 fully saturated rings. The summed E-state index contributed by atoms with van der Waals surface area (Å²) < 4.78 is 6.79. The van der Waals surface area contributed by atoms with Crippen molar-refractivity contribution in [2.45, 2.75) is 6.61 Å². The largest absolute Gasteiger partial charge is 0.487 e. The second-order valence-corrected chi connectivity index (χ2v) is 6.46. The molecule has 6 heteroatoms. The van der Waals surface area contributed by atoms with E-state index in [4.69, 9.17) is 4.74 Å². The van der Waals surface area contributed by atoms with Gasteiger partial charge in [0.05, 0.1) is 11.9 Å². The lowest BCUT2D eigenvalue weighted by atomic mass is 10.2. The minimum absolute atomic E-state index is 0.199. The number of hydrogen-bond acceptors (Lipinski definition) is 4. The van der Waals surface area contributed by atoms with Crippen molar-refractivity contribution in [2.75, 3.05) is 5.32 Å². The number of hydrogen-bond donors (Lipinski definition) is 1. The van der Waals surface area contributed by atoms with Crippen LogP contribution in [0.1, 0.15) is 15.2 Å². The Labute approximate surface area is 146 Å². The molecule has 4 nitrogen and oxygen atoms in total. The van der Waals surface area contributed by atoms with Crippen molar-refractivity contribution in [1.82, 2.24) is 4.98 Å². The topological polar surface area (TPSA) is 51.2 Å². The number of rotatable bonds is 5. The maximum absolute atomic E-state index is 12.4. The maximum atomic E-state index is 12.4. The van der Waals surface area contributed by atoms with E-state index in [1.165, 1.54) is 11.3 Å². The van der Waals surface area contributed by atoms with Crippen molar-refractivity contribution < 1.29 is 9.53 Å². The summed E-state index contributed by atoms with van der Waals surface area (Å²) in [5, 5.41) is 4.65. The Kier molecular flexibility index (Phi) is 5.05. The minimum atomic E-state index is -0.199. The second kappa shape index (κ2) is 7.39. The fraction of sp³-hybridized carbons (Fsp3) is 0.0588. The van der Waals surface area contributed by atoms with Gasteiger partial charge in [0.15, 0.2) is 0 Å². The van der Waals surface area contributed by atoms with Crippen LogP contribution in [0.2, 0.25) is 0 Å². The fourth-order valence-corrected chi connectivity index (χ4v) is 3.10. The number of thiophene rings is 1. The summed E-state index contributed by atoms with van der Waals surface area (Å²) in [6, 6.07) is 13.2. The van der Waals surface area contributed by atoms with E-state index in [9.17, 15) is 4.79 Å². The predicted octanol–water partition coefficient (Wildman–Crippen LogP) is 4.74. The van der Waals surface area contributed by atoms with Crippen LogP contribution in [0.25, 0.3) is 0 Å². The van der Waals surface area contributed by atoms with Crippen LogP contribution in [-0.2, 0) is 6.61 Å². The first-order valence-corrected chi connectivity index (χ1v) is 8.56. The highest BCUT2D eigenvalue weighted by molar-refractivity contribution is 9.10. The molecule has 0 saturated carbocycles. The summed E-state index contributed by atoms with van der Waals surface area (Å²) in [7, 11) is 0. The van der Waals surface area contributed by atoms with Gasteiger partial charge in [-0.05, 0) is 29.6 Å². The molecular weight excluding hydrogens is 376 g/mol. The molecule has 1 N–H and O–H groups in total. The highest BCUT2D eigenvalue weighted by Gasteiger charge is 2.15. The van der Waals surface area contributed by atoms with Gasteiger partial charge in [0.2, 0.25) is 0 Å². The number of halogens is 1. The number of amides is 1. The lowest BCUT2D eigenvalue weighted by molar-refractivity contribution is 0.102. The number of ether oxygens (including phenoxy) is 1. The average molecular weight is 389 g/mol. The van der Waals surface area contributed by atoms with E-state index in [1.54, 1.807) is 30.6 Å². The Balaban J connectivity index is 1.70. The standard InChI is InChI=1S/C17H13BrN2O2S/c18-14-6-2-1-4-12(14)11-22-15-7-9-23-16(15)17(21)20-13-5-3-8-19-10-13/h1-10H,11H2,(H,20,21). The molecule has 23 heavy (non-hydrogen) atoms. The van der Waals surface area contributed by atoms with Crippen LogP contribution in [0.5, 0.6) is 5.75 Å². The van der Waals surface area contributed by atoms with E-state index in [0.29, 0.717) is 22.9 Å². The van der Waals surface area contributed by atoms with Gasteiger partial charge >= 0.3 is 0 Å². The Morgan fingerprint density at radius 3 is 2.87 bits per heavy atom. The van der Waals surface area contributed by atoms with Crippen LogP contribution >= 0.6 is 27.3 Å². The molecule has 1 amide bonds. The number of carbonyl (C=O) groups excluding carboxylic acids is 1. The van der Waals surface area contributed by atoms with Crippen molar-refractivity contribution in [3.05, 3.63) is 75.2 Å². The van der Waals surface area contributed by atoms with E-state index in [0.717, 1.165) is 10.0 Å². The predicted molar refractivity (Wildman–Crippen MR) is 95.0 cm³/mol. The van der Waals surface area contributed by atoms with Crippen molar-refractivity contribution in [3.8, 4) is 5.75 Å². The van der Waals surface area contributed by atoms with Gasteiger partial charge in [-0.1, -0.05) is 34.1 Å². The van der Waals surface area contributed by atoms with Gasteiger partial charge in [-0.2, -0.15) is 0 Å². The van der Waals surface area contributed by atoms with Crippen molar-refractivity contribution in [3.63, 3.8) is 0 Å². The fourth-order valence-electron chi connectivity index (χ4n) is 1.97. The highest BCUT2D eigenvalue weighted by Crippen LogP contribution is 2.27. The lowest BCUT2D eigenvalue weighted by Gasteiger charge is -2.09. The van der Waals surface area contributed by atoms with Gasteiger partial charge in [-0.3, -0.25) is 9.78 Å². The smallest absolute Gasteiger partial charge is 0.269 e. The zero-order chi connectivity index (χ0) is 16.1. The molecule has 1 aromatic carbocycles. The first-order chi connectivity index (χ1) is 11.2. The Bertz CT molecular complexity index is 805. The van der Waals surface area contributed by atoms with E-state index in [1.807, 2.05) is 29.6 Å². The second-order valence-electron chi connectivity index (χ2n) is 4.69. The number of pyridine rings is 1. The van der Waals surface area contributed by atoms with Crippen LogP contribution in [0.15, 0.2) is 64.7 Å². The molecule has 0 unspecified atom stereocenters. The summed E-state index contributed by atoms with van der Waals surface area (Å²) in [4.78, 5) is 16.9. The highest BCUT2D eigenvalue weighted by atomic mass is 79.9.